The van der Waals surface area contributed by atoms with E-state index < -0.39 is 0 Å². The summed E-state index contributed by atoms with van der Waals surface area (Å²) in [5, 5.41) is 0. The molecule has 0 aromatic heterocycles. The summed E-state index contributed by atoms with van der Waals surface area (Å²) in [5.74, 6) is 0. The van der Waals surface area contributed by atoms with Crippen molar-refractivity contribution in [3.63, 3.8) is 0 Å². The van der Waals surface area contributed by atoms with Crippen molar-refractivity contribution >= 4 is 37.3 Å². The minimum absolute atomic E-state index is 0. The normalized spacial score (nSPS) is 10.7. The molecule has 0 nitrogen and oxygen atoms in total. The van der Waals surface area contributed by atoms with Crippen molar-refractivity contribution < 1.29 is 49.5 Å². The molecule has 0 fully saturated rings. The van der Waals surface area contributed by atoms with E-state index in [2.05, 4.69) is 137 Å². The first-order valence-corrected chi connectivity index (χ1v) is 22.1. The van der Waals surface area contributed by atoms with Crippen LogP contribution in [0.2, 0.25) is 0 Å². The van der Waals surface area contributed by atoms with Crippen molar-refractivity contribution in [2.24, 2.45) is 0 Å². The van der Waals surface area contributed by atoms with Crippen molar-refractivity contribution in [2.75, 3.05) is 0 Å². The third-order valence-corrected chi connectivity index (χ3v) is 19.7. The van der Waals surface area contributed by atoms with Gasteiger partial charge in [0, 0.05) is 56.7 Å². The Balaban J connectivity index is -0.000000113. The number of hydrogen-bond donors (Lipinski definition) is 0. The van der Waals surface area contributed by atoms with Gasteiger partial charge >= 0.3 is 16.5 Å². The van der Waals surface area contributed by atoms with Crippen LogP contribution in [-0.4, -0.2) is 50.9 Å². The van der Waals surface area contributed by atoms with Crippen LogP contribution in [0.4, 0.5) is 0 Å². The van der Waals surface area contributed by atoms with Gasteiger partial charge in [0.25, 0.3) is 0 Å². The number of benzene rings is 2. The fourth-order valence-electron chi connectivity index (χ4n) is 7.12. The average molecular weight is 844 g/mol. The van der Waals surface area contributed by atoms with Gasteiger partial charge in [0.15, 0.2) is 0 Å². The number of hydrogen-bond acceptors (Lipinski definition) is 0. The Labute approximate surface area is 331 Å². The molecule has 0 unspecified atom stereocenters. The second-order valence-electron chi connectivity index (χ2n) is 14.4. The Kier molecular flexibility index (Phi) is 43.7. The zero-order valence-corrected chi connectivity index (χ0v) is 39.5. The molecule has 0 amide bonds. The molecule has 2 rings (SSSR count). The van der Waals surface area contributed by atoms with E-state index in [9.17, 15) is 0 Å². The zero-order valence-electron chi connectivity index (χ0n) is 32.7. The smallest absolute Gasteiger partial charge is 2.00 e. The summed E-state index contributed by atoms with van der Waals surface area (Å²) in [4.78, 5) is 0. The van der Waals surface area contributed by atoms with Crippen LogP contribution in [0.3, 0.4) is 0 Å². The van der Waals surface area contributed by atoms with Crippen molar-refractivity contribution in [2.45, 2.75) is 176 Å². The Bertz CT molecular complexity index is 723. The first-order chi connectivity index (χ1) is 19.4. The Morgan fingerprint density at radius 1 is 0.370 bits per heavy atom. The molecular weight excluding hydrogens is 769 g/mol. The molecule has 0 N–H and O–H groups in total. The van der Waals surface area contributed by atoms with Crippen LogP contribution < -0.4 is 0 Å². The Morgan fingerprint density at radius 3 is 0.630 bits per heavy atom. The van der Waals surface area contributed by atoms with Crippen LogP contribution in [0.1, 0.15) is 125 Å². The predicted octanol–water partition coefficient (Wildman–Crippen LogP) is 13.2. The van der Waals surface area contributed by atoms with Crippen LogP contribution in [0, 0.1) is 12.1 Å². The molecule has 0 aliphatic heterocycles. The van der Waals surface area contributed by atoms with Crippen molar-refractivity contribution in [3.8, 4) is 11.1 Å². The third kappa shape index (κ3) is 27.3. The Hall–Kier alpha value is 1.56. The fourth-order valence-corrected chi connectivity index (χ4v) is 19.1. The van der Waals surface area contributed by atoms with Gasteiger partial charge in [-0.15, -0.1) is 12.1 Å². The van der Waals surface area contributed by atoms with E-state index in [4.69, 9.17) is 0 Å². The van der Waals surface area contributed by atoms with Gasteiger partial charge in [-0.2, -0.15) is 48.5 Å². The molecule has 0 spiro atoms. The number of rotatable bonds is 10. The molecule has 7 heteroatoms. The molecule has 0 bridgehead atoms. The summed E-state index contributed by atoms with van der Waals surface area (Å²) in [5.41, 5.74) is 10.6. The van der Waals surface area contributed by atoms with E-state index in [0.717, 1.165) is 62.1 Å². The van der Waals surface area contributed by atoms with Crippen LogP contribution in [0.25, 0.3) is 11.1 Å². The fraction of sp³-hybridized carbons (Fsp3) is 0.692. The summed E-state index contributed by atoms with van der Waals surface area (Å²) in [7, 11) is -0.287. The molecule has 280 valence electrons. The standard InChI is InChI=1S/C12H8.3C9H21P.3Ni.S/c1-3-7-11(8-4-1)12-9-5-2-6-10-12;3*1-7(2)10(8(3)4)9(5)6;;;;/h1-7,9H;3*7-9H,1-6H3;;;;/q-2;;;;;;+2;-2/p+3. The maximum Gasteiger partial charge on any atom is 2.00 e. The van der Waals surface area contributed by atoms with Gasteiger partial charge < -0.3 is 13.5 Å². The molecule has 0 saturated heterocycles. The van der Waals surface area contributed by atoms with Crippen molar-refractivity contribution in [3.05, 3.63) is 60.7 Å². The maximum absolute atomic E-state index is 3.15. The largest absolute Gasteiger partial charge is 2.00 e. The van der Waals surface area contributed by atoms with E-state index in [1.807, 2.05) is 48.5 Å². The third-order valence-electron chi connectivity index (χ3n) is 7.71. The van der Waals surface area contributed by atoms with Crippen molar-refractivity contribution in [1.29, 1.82) is 0 Å². The van der Waals surface area contributed by atoms with Crippen LogP contribution in [-0.2, 0) is 63.0 Å². The molecular formula is C39H74Ni3P3S+. The van der Waals surface area contributed by atoms with E-state index in [1.165, 1.54) is 0 Å². The molecule has 0 saturated carbocycles. The second kappa shape index (κ2) is 33.7. The van der Waals surface area contributed by atoms with E-state index >= 15 is 0 Å². The topological polar surface area (TPSA) is 0 Å². The molecule has 2 aromatic rings. The SMILES string of the molecule is CC(C)[PH+](C(C)C)C(C)C.CC(C)[PH+](C(C)C)C(C)C.CC(C)[PH+](C(C)C)C(C)C.[Ni+2].[Ni].[Ni].[S-2].[c-]1ccccc1-c1[c-]cccc1. The van der Waals surface area contributed by atoms with E-state index in [0.29, 0.717) is 0 Å². The molecule has 0 aliphatic rings. The van der Waals surface area contributed by atoms with E-state index in [1.54, 1.807) is 0 Å². The van der Waals surface area contributed by atoms with Gasteiger partial charge in [-0.25, -0.2) is 11.1 Å². The maximum atomic E-state index is 3.15. The first-order valence-electron chi connectivity index (χ1n) is 16.9. The summed E-state index contributed by atoms with van der Waals surface area (Å²) in [6.45, 7) is 42.6. The molecule has 46 heavy (non-hydrogen) atoms. The van der Waals surface area contributed by atoms with Crippen LogP contribution >= 0.6 is 23.8 Å². The first kappa shape index (κ1) is 59.7. The van der Waals surface area contributed by atoms with Gasteiger partial charge in [0.1, 0.15) is 0 Å². The Morgan fingerprint density at radius 2 is 0.543 bits per heavy atom. The second-order valence-corrected chi connectivity index (χ2v) is 27.8. The van der Waals surface area contributed by atoms with Gasteiger partial charge in [-0.3, -0.25) is 0 Å². The minimum Gasteiger partial charge on any atom is -2.00 e. The molecule has 0 radical (unpaired) electrons. The van der Waals surface area contributed by atoms with Crippen LogP contribution in [0.15, 0.2) is 48.5 Å². The summed E-state index contributed by atoms with van der Waals surface area (Å²) in [6.07, 6.45) is 0. The van der Waals surface area contributed by atoms with E-state index in [-0.39, 0.29) is 86.7 Å². The monoisotopic (exact) mass is 841 g/mol. The molecule has 0 heterocycles. The van der Waals surface area contributed by atoms with Gasteiger partial charge in [-0.1, -0.05) is 0 Å². The van der Waals surface area contributed by atoms with Gasteiger partial charge in [-0.05, 0) is 125 Å². The molecule has 2 aromatic carbocycles. The molecule has 0 atom stereocenters. The summed E-state index contributed by atoms with van der Waals surface area (Å²) < 4.78 is 0. The predicted molar refractivity (Wildman–Crippen MR) is 218 cm³/mol. The molecule has 0 aliphatic carbocycles. The minimum atomic E-state index is -0.0957. The zero-order chi connectivity index (χ0) is 33.2. The van der Waals surface area contributed by atoms with Crippen molar-refractivity contribution in [1.82, 2.24) is 0 Å². The van der Waals surface area contributed by atoms with Gasteiger partial charge in [0.05, 0.1) is 50.9 Å². The quantitative estimate of drug-likeness (QED) is 0.127. The summed E-state index contributed by atoms with van der Waals surface area (Å²) >= 11 is 0. The van der Waals surface area contributed by atoms with Gasteiger partial charge in [0.2, 0.25) is 0 Å². The van der Waals surface area contributed by atoms with Crippen LogP contribution in [0.5, 0.6) is 0 Å². The average Bonchev–Trinajstić information content (AvgIpc) is 2.84. The summed E-state index contributed by atoms with van der Waals surface area (Å²) in [6, 6.07) is 22.1.